The standard InChI is InChI=1S/C25H33NO5S2/c1-16(2)13-19(20(24(28)29)15-33-22-11-8-12-32-22)23(27)26-21(25(30)31-17(3)4)14-18-9-6-5-7-10-18/h5-12,16-17,19-21H,13-15H2,1-4H3,(H,26,27)(H,28,29)/t19-,20+,21+/m1/s1. The fraction of sp³-hybridized carbons (Fsp3) is 0.480. The van der Waals surface area contributed by atoms with Crippen LogP contribution in [0.4, 0.5) is 0 Å². The van der Waals surface area contributed by atoms with E-state index in [1.54, 1.807) is 25.2 Å². The first-order valence-electron chi connectivity index (χ1n) is 11.1. The zero-order chi connectivity index (χ0) is 24.4. The summed E-state index contributed by atoms with van der Waals surface area (Å²) in [5.41, 5.74) is 0.881. The predicted molar refractivity (Wildman–Crippen MR) is 132 cm³/mol. The van der Waals surface area contributed by atoms with Gasteiger partial charge in [-0.05, 0) is 43.2 Å². The SMILES string of the molecule is CC(C)C[C@@H](C(=O)N[C@@H](Cc1ccccc1)C(=O)OC(C)C)[C@H](CSc1cccs1)C(=O)O. The molecule has 0 saturated carbocycles. The van der Waals surface area contributed by atoms with Crippen LogP contribution in [0.25, 0.3) is 0 Å². The van der Waals surface area contributed by atoms with Gasteiger partial charge in [0, 0.05) is 12.2 Å². The summed E-state index contributed by atoms with van der Waals surface area (Å²) in [5, 5.41) is 14.7. The highest BCUT2D eigenvalue weighted by molar-refractivity contribution is 8.01. The van der Waals surface area contributed by atoms with Crippen molar-refractivity contribution in [3.05, 3.63) is 53.4 Å². The van der Waals surface area contributed by atoms with Crippen molar-refractivity contribution in [2.24, 2.45) is 17.8 Å². The number of thioether (sulfide) groups is 1. The van der Waals surface area contributed by atoms with E-state index in [0.29, 0.717) is 6.42 Å². The maximum atomic E-state index is 13.4. The number of aliphatic carboxylic acids is 1. The van der Waals surface area contributed by atoms with Gasteiger partial charge in [-0.2, -0.15) is 0 Å². The number of hydrogen-bond acceptors (Lipinski definition) is 6. The molecular weight excluding hydrogens is 458 g/mol. The van der Waals surface area contributed by atoms with Crippen LogP contribution in [-0.4, -0.2) is 40.9 Å². The maximum absolute atomic E-state index is 13.4. The van der Waals surface area contributed by atoms with Crippen LogP contribution in [0.3, 0.4) is 0 Å². The number of ether oxygens (including phenoxy) is 1. The third-order valence-corrected chi connectivity index (χ3v) is 7.25. The molecule has 0 saturated heterocycles. The molecule has 180 valence electrons. The Labute approximate surface area is 204 Å². The summed E-state index contributed by atoms with van der Waals surface area (Å²) in [6.45, 7) is 7.42. The second-order valence-corrected chi connectivity index (χ2v) is 10.9. The number of carboxylic acid groups (broad SMARTS) is 1. The molecule has 2 aromatic rings. The molecule has 1 heterocycles. The second-order valence-electron chi connectivity index (χ2n) is 8.66. The Hall–Kier alpha value is -2.32. The summed E-state index contributed by atoms with van der Waals surface area (Å²) in [5.74, 6) is -3.21. The molecule has 0 fully saturated rings. The molecule has 1 aromatic carbocycles. The van der Waals surface area contributed by atoms with Crippen molar-refractivity contribution >= 4 is 40.9 Å². The number of carbonyl (C=O) groups excluding carboxylic acids is 2. The van der Waals surface area contributed by atoms with E-state index in [9.17, 15) is 19.5 Å². The van der Waals surface area contributed by atoms with Gasteiger partial charge in [0.1, 0.15) is 6.04 Å². The molecule has 0 aliphatic heterocycles. The van der Waals surface area contributed by atoms with Crippen LogP contribution in [0.1, 0.15) is 39.7 Å². The van der Waals surface area contributed by atoms with Crippen LogP contribution in [0.5, 0.6) is 0 Å². The van der Waals surface area contributed by atoms with Crippen molar-refractivity contribution in [2.75, 3.05) is 5.75 Å². The van der Waals surface area contributed by atoms with Gasteiger partial charge in [-0.15, -0.1) is 23.1 Å². The van der Waals surface area contributed by atoms with Crippen LogP contribution >= 0.6 is 23.1 Å². The summed E-state index contributed by atoms with van der Waals surface area (Å²) >= 11 is 2.98. The third kappa shape index (κ3) is 9.21. The zero-order valence-corrected chi connectivity index (χ0v) is 21.2. The Kier molecular flexibility index (Phi) is 10.9. The molecule has 8 heteroatoms. The van der Waals surface area contributed by atoms with E-state index >= 15 is 0 Å². The highest BCUT2D eigenvalue weighted by Crippen LogP contribution is 2.31. The number of hydrogen-bond donors (Lipinski definition) is 2. The van der Waals surface area contributed by atoms with E-state index in [2.05, 4.69) is 5.32 Å². The Morgan fingerprint density at radius 2 is 1.73 bits per heavy atom. The first-order valence-corrected chi connectivity index (χ1v) is 13.0. The van der Waals surface area contributed by atoms with Crippen molar-refractivity contribution < 1.29 is 24.2 Å². The van der Waals surface area contributed by atoms with E-state index in [-0.39, 0.29) is 24.2 Å². The van der Waals surface area contributed by atoms with Crippen molar-refractivity contribution in [1.29, 1.82) is 0 Å². The minimum absolute atomic E-state index is 0.115. The number of esters is 1. The number of rotatable bonds is 13. The van der Waals surface area contributed by atoms with E-state index < -0.39 is 35.7 Å². The smallest absolute Gasteiger partial charge is 0.329 e. The molecule has 6 nitrogen and oxygen atoms in total. The van der Waals surface area contributed by atoms with E-state index in [0.717, 1.165) is 9.77 Å². The lowest BCUT2D eigenvalue weighted by Crippen LogP contribution is -2.49. The number of thiophene rings is 1. The fourth-order valence-corrected chi connectivity index (χ4v) is 5.46. The minimum Gasteiger partial charge on any atom is -0.481 e. The van der Waals surface area contributed by atoms with Gasteiger partial charge < -0.3 is 15.2 Å². The molecular formula is C25H33NO5S2. The Bertz CT molecular complexity index is 883. The number of nitrogens with one attached hydrogen (secondary N) is 1. The van der Waals surface area contributed by atoms with Crippen molar-refractivity contribution in [1.82, 2.24) is 5.32 Å². The monoisotopic (exact) mass is 491 g/mol. The summed E-state index contributed by atoms with van der Waals surface area (Å²) in [7, 11) is 0. The van der Waals surface area contributed by atoms with Gasteiger partial charge in [-0.25, -0.2) is 4.79 Å². The predicted octanol–water partition coefficient (Wildman–Crippen LogP) is 4.88. The first kappa shape index (κ1) is 26.9. The lowest BCUT2D eigenvalue weighted by atomic mass is 9.85. The average molecular weight is 492 g/mol. The van der Waals surface area contributed by atoms with Gasteiger partial charge in [0.15, 0.2) is 0 Å². The summed E-state index contributed by atoms with van der Waals surface area (Å²) in [6.07, 6.45) is 0.354. The van der Waals surface area contributed by atoms with Crippen LogP contribution in [0.2, 0.25) is 0 Å². The minimum atomic E-state index is -1.01. The molecule has 1 aromatic heterocycles. The highest BCUT2D eigenvalue weighted by atomic mass is 32.2. The maximum Gasteiger partial charge on any atom is 0.329 e. The van der Waals surface area contributed by atoms with E-state index in [4.69, 9.17) is 4.74 Å². The Morgan fingerprint density at radius 1 is 1.03 bits per heavy atom. The lowest BCUT2D eigenvalue weighted by Gasteiger charge is -2.27. The van der Waals surface area contributed by atoms with Crippen molar-refractivity contribution in [3.8, 4) is 0 Å². The number of carboxylic acids is 1. The molecule has 2 N–H and O–H groups in total. The second kappa shape index (κ2) is 13.4. The average Bonchev–Trinajstić information content (AvgIpc) is 3.26. The molecule has 2 rings (SSSR count). The van der Waals surface area contributed by atoms with Crippen molar-refractivity contribution in [3.63, 3.8) is 0 Å². The van der Waals surface area contributed by atoms with Crippen LogP contribution in [0.15, 0.2) is 52.1 Å². The molecule has 0 bridgehead atoms. The first-order chi connectivity index (χ1) is 15.7. The van der Waals surface area contributed by atoms with Gasteiger partial charge in [0.25, 0.3) is 0 Å². The fourth-order valence-electron chi connectivity index (χ4n) is 3.48. The van der Waals surface area contributed by atoms with Gasteiger partial charge in [-0.1, -0.05) is 50.2 Å². The molecule has 3 atom stereocenters. The number of benzene rings is 1. The molecule has 0 aliphatic rings. The molecule has 0 radical (unpaired) electrons. The molecule has 0 spiro atoms. The Balaban J connectivity index is 2.22. The van der Waals surface area contributed by atoms with E-state index in [1.165, 1.54) is 11.8 Å². The third-order valence-electron chi connectivity index (χ3n) is 5.00. The highest BCUT2D eigenvalue weighted by Gasteiger charge is 2.36. The van der Waals surface area contributed by atoms with Gasteiger partial charge in [-0.3, -0.25) is 9.59 Å². The summed E-state index contributed by atoms with van der Waals surface area (Å²) < 4.78 is 6.38. The number of amides is 1. The largest absolute Gasteiger partial charge is 0.481 e. The lowest BCUT2D eigenvalue weighted by molar-refractivity contribution is -0.152. The van der Waals surface area contributed by atoms with Gasteiger partial charge >= 0.3 is 11.9 Å². The quantitative estimate of drug-likeness (QED) is 0.306. The Morgan fingerprint density at radius 3 is 2.27 bits per heavy atom. The zero-order valence-electron chi connectivity index (χ0n) is 19.5. The van der Waals surface area contributed by atoms with Crippen molar-refractivity contribution in [2.45, 2.75) is 56.9 Å². The van der Waals surface area contributed by atoms with Crippen LogP contribution in [-0.2, 0) is 25.5 Å². The molecule has 1 amide bonds. The molecule has 33 heavy (non-hydrogen) atoms. The topological polar surface area (TPSA) is 92.7 Å². The van der Waals surface area contributed by atoms with Crippen LogP contribution in [0, 0.1) is 17.8 Å². The van der Waals surface area contributed by atoms with Gasteiger partial charge in [0.05, 0.1) is 22.1 Å². The van der Waals surface area contributed by atoms with E-state index in [1.807, 2.05) is 61.7 Å². The summed E-state index contributed by atoms with van der Waals surface area (Å²) in [6, 6.07) is 12.3. The number of carbonyl (C=O) groups is 3. The van der Waals surface area contributed by atoms with Crippen LogP contribution < -0.4 is 5.32 Å². The normalized spacial score (nSPS) is 14.0. The molecule has 0 unspecified atom stereocenters. The molecule has 0 aliphatic carbocycles. The van der Waals surface area contributed by atoms with Gasteiger partial charge in [0.2, 0.25) is 5.91 Å². The summed E-state index contributed by atoms with van der Waals surface area (Å²) in [4.78, 5) is 38.3.